The predicted octanol–water partition coefficient (Wildman–Crippen LogP) is 5.79. The lowest BCUT2D eigenvalue weighted by atomic mass is 10.2. The summed E-state index contributed by atoms with van der Waals surface area (Å²) < 4.78 is 27.6. The number of anilines is 2. The van der Waals surface area contributed by atoms with E-state index < -0.39 is 22.5 Å². The molecule has 0 bridgehead atoms. The van der Waals surface area contributed by atoms with E-state index in [1.54, 1.807) is 30.3 Å². The van der Waals surface area contributed by atoms with E-state index in [1.165, 1.54) is 36.4 Å². The van der Waals surface area contributed by atoms with Gasteiger partial charge in [-0.2, -0.15) is 0 Å². The van der Waals surface area contributed by atoms with Gasteiger partial charge in [-0.1, -0.05) is 58.6 Å². The Balaban J connectivity index is 1.95. The second-order valence-corrected chi connectivity index (χ2v) is 9.68. The summed E-state index contributed by atoms with van der Waals surface area (Å²) in [6, 6.07) is 17.2. The second-order valence-electron chi connectivity index (χ2n) is 6.51. The zero-order valence-electron chi connectivity index (χ0n) is 15.8. The first-order valence-corrected chi connectivity index (χ1v) is 11.3. The number of nitrogens with zero attached hydrogens (tertiary/aromatic N) is 1. The van der Waals surface area contributed by atoms with Crippen molar-refractivity contribution < 1.29 is 13.2 Å². The summed E-state index contributed by atoms with van der Waals surface area (Å²) in [6.45, 7) is 1.38. The number of benzene rings is 3. The third-order valence-corrected chi connectivity index (χ3v) is 6.60. The van der Waals surface area contributed by atoms with Crippen LogP contribution in [0, 0.1) is 6.92 Å². The summed E-state index contributed by atoms with van der Waals surface area (Å²) in [5.41, 5.74) is 1.54. The van der Waals surface area contributed by atoms with Crippen LogP contribution in [-0.4, -0.2) is 20.9 Å². The van der Waals surface area contributed by atoms with Crippen LogP contribution in [0.1, 0.15) is 5.56 Å². The molecule has 9 heteroatoms. The van der Waals surface area contributed by atoms with Crippen LogP contribution < -0.4 is 9.62 Å². The average Bonchev–Trinajstić information content (AvgIpc) is 2.65. The van der Waals surface area contributed by atoms with Gasteiger partial charge in [-0.05, 0) is 55.5 Å². The number of amides is 1. The molecule has 1 amide bonds. The molecule has 156 valence electrons. The van der Waals surface area contributed by atoms with Crippen LogP contribution in [0.5, 0.6) is 0 Å². The number of hydrogen-bond donors (Lipinski definition) is 1. The fourth-order valence-corrected chi connectivity index (χ4v) is 4.86. The van der Waals surface area contributed by atoms with Gasteiger partial charge in [0, 0.05) is 20.8 Å². The highest BCUT2D eigenvalue weighted by Gasteiger charge is 2.27. The number of carbonyl (C=O) groups is 1. The SMILES string of the molecule is Cc1ccc(S(=O)(=O)N(CC(=O)Nc2cc(Cl)cc(Cl)c2)c2cccc(Cl)c2)cc1. The van der Waals surface area contributed by atoms with Crippen LogP contribution in [0.15, 0.2) is 71.6 Å². The molecule has 0 spiro atoms. The van der Waals surface area contributed by atoms with Crippen molar-refractivity contribution in [3.8, 4) is 0 Å². The smallest absolute Gasteiger partial charge is 0.264 e. The summed E-state index contributed by atoms with van der Waals surface area (Å²) in [4.78, 5) is 12.8. The van der Waals surface area contributed by atoms with Gasteiger partial charge in [0.2, 0.25) is 5.91 Å². The standard InChI is InChI=1S/C21H17Cl3N2O3S/c1-14-5-7-20(8-6-14)30(28,29)26(19-4-2-3-15(22)12-19)13-21(27)25-18-10-16(23)9-17(24)11-18/h2-12H,13H2,1H3,(H,25,27). The van der Waals surface area contributed by atoms with E-state index in [1.807, 2.05) is 6.92 Å². The maximum atomic E-state index is 13.3. The molecule has 3 aromatic carbocycles. The van der Waals surface area contributed by atoms with Gasteiger partial charge in [-0.15, -0.1) is 0 Å². The summed E-state index contributed by atoms with van der Waals surface area (Å²) in [7, 11) is -4.03. The number of nitrogens with one attached hydrogen (secondary N) is 1. The van der Waals surface area contributed by atoms with Crippen LogP contribution in [0.3, 0.4) is 0 Å². The lowest BCUT2D eigenvalue weighted by molar-refractivity contribution is -0.114. The lowest BCUT2D eigenvalue weighted by Crippen LogP contribution is -2.38. The highest BCUT2D eigenvalue weighted by molar-refractivity contribution is 7.92. The Morgan fingerprint density at radius 2 is 1.53 bits per heavy atom. The van der Waals surface area contributed by atoms with Crippen molar-refractivity contribution in [3.05, 3.63) is 87.4 Å². The molecular weight excluding hydrogens is 467 g/mol. The highest BCUT2D eigenvalue weighted by Crippen LogP contribution is 2.27. The number of sulfonamides is 1. The van der Waals surface area contributed by atoms with Crippen molar-refractivity contribution in [3.63, 3.8) is 0 Å². The fourth-order valence-electron chi connectivity index (χ4n) is 2.74. The molecule has 0 fully saturated rings. The van der Waals surface area contributed by atoms with Crippen molar-refractivity contribution in [2.45, 2.75) is 11.8 Å². The van der Waals surface area contributed by atoms with Gasteiger partial charge >= 0.3 is 0 Å². The van der Waals surface area contributed by atoms with Crippen molar-refractivity contribution in [2.24, 2.45) is 0 Å². The van der Waals surface area contributed by atoms with Gasteiger partial charge in [-0.25, -0.2) is 8.42 Å². The normalized spacial score (nSPS) is 11.2. The Kier molecular flexibility index (Phi) is 6.93. The fraction of sp³-hybridized carbons (Fsp3) is 0.0952. The Bertz CT molecular complexity index is 1160. The zero-order chi connectivity index (χ0) is 21.9. The Morgan fingerprint density at radius 3 is 2.13 bits per heavy atom. The number of hydrogen-bond acceptors (Lipinski definition) is 3. The monoisotopic (exact) mass is 482 g/mol. The van der Waals surface area contributed by atoms with Crippen LogP contribution in [0.2, 0.25) is 15.1 Å². The van der Waals surface area contributed by atoms with E-state index in [-0.39, 0.29) is 10.6 Å². The molecule has 0 unspecified atom stereocenters. The number of halogens is 3. The van der Waals surface area contributed by atoms with E-state index in [0.717, 1.165) is 9.87 Å². The van der Waals surface area contributed by atoms with Crippen molar-refractivity contribution in [2.75, 3.05) is 16.2 Å². The second kappa shape index (κ2) is 9.27. The average molecular weight is 484 g/mol. The van der Waals surface area contributed by atoms with Gasteiger partial charge in [0.15, 0.2) is 0 Å². The van der Waals surface area contributed by atoms with Gasteiger partial charge in [0.1, 0.15) is 6.54 Å². The Hall–Kier alpha value is -2.25. The summed E-state index contributed by atoms with van der Waals surface area (Å²) in [6.07, 6.45) is 0. The van der Waals surface area contributed by atoms with Crippen LogP contribution >= 0.6 is 34.8 Å². The third-order valence-electron chi connectivity index (χ3n) is 4.14. The van der Waals surface area contributed by atoms with E-state index in [2.05, 4.69) is 5.32 Å². The predicted molar refractivity (Wildman–Crippen MR) is 122 cm³/mol. The lowest BCUT2D eigenvalue weighted by Gasteiger charge is -2.24. The molecule has 0 radical (unpaired) electrons. The van der Waals surface area contributed by atoms with Gasteiger partial charge in [0.05, 0.1) is 10.6 Å². The van der Waals surface area contributed by atoms with E-state index in [9.17, 15) is 13.2 Å². The Labute approximate surface area is 190 Å². The minimum Gasteiger partial charge on any atom is -0.324 e. The van der Waals surface area contributed by atoms with Gasteiger partial charge in [-0.3, -0.25) is 9.10 Å². The quantitative estimate of drug-likeness (QED) is 0.482. The molecule has 0 aliphatic rings. The molecule has 0 saturated carbocycles. The van der Waals surface area contributed by atoms with Crippen molar-refractivity contribution >= 4 is 62.1 Å². The summed E-state index contributed by atoms with van der Waals surface area (Å²) in [5.74, 6) is -0.566. The maximum absolute atomic E-state index is 13.3. The number of aryl methyl sites for hydroxylation is 1. The molecule has 5 nitrogen and oxygen atoms in total. The number of carbonyl (C=O) groups excluding carboxylic acids is 1. The first kappa shape index (κ1) is 22.4. The molecule has 0 aromatic heterocycles. The third kappa shape index (κ3) is 5.46. The van der Waals surface area contributed by atoms with Gasteiger partial charge < -0.3 is 5.32 Å². The molecule has 3 rings (SSSR count). The topological polar surface area (TPSA) is 66.5 Å². The highest BCUT2D eigenvalue weighted by atomic mass is 35.5. The molecule has 0 aliphatic carbocycles. The van der Waals surface area contributed by atoms with E-state index in [4.69, 9.17) is 34.8 Å². The molecule has 0 atom stereocenters. The molecule has 0 saturated heterocycles. The summed E-state index contributed by atoms with van der Waals surface area (Å²) >= 11 is 18.0. The molecule has 0 heterocycles. The first-order valence-electron chi connectivity index (χ1n) is 8.76. The maximum Gasteiger partial charge on any atom is 0.264 e. The molecule has 1 N–H and O–H groups in total. The molecule has 3 aromatic rings. The zero-order valence-corrected chi connectivity index (χ0v) is 18.9. The van der Waals surface area contributed by atoms with Gasteiger partial charge in [0.25, 0.3) is 10.0 Å². The van der Waals surface area contributed by atoms with E-state index >= 15 is 0 Å². The molecular formula is C21H17Cl3N2O3S. The van der Waals surface area contributed by atoms with Crippen LogP contribution in [-0.2, 0) is 14.8 Å². The first-order chi connectivity index (χ1) is 14.1. The van der Waals surface area contributed by atoms with E-state index in [0.29, 0.717) is 20.8 Å². The molecule has 30 heavy (non-hydrogen) atoms. The summed E-state index contributed by atoms with van der Waals surface area (Å²) in [5, 5.41) is 3.66. The minimum atomic E-state index is -4.03. The molecule has 0 aliphatic heterocycles. The van der Waals surface area contributed by atoms with Crippen molar-refractivity contribution in [1.82, 2.24) is 0 Å². The van der Waals surface area contributed by atoms with Crippen LogP contribution in [0.4, 0.5) is 11.4 Å². The van der Waals surface area contributed by atoms with Crippen LogP contribution in [0.25, 0.3) is 0 Å². The number of rotatable bonds is 6. The minimum absolute atomic E-state index is 0.0617. The largest absolute Gasteiger partial charge is 0.324 e. The Morgan fingerprint density at radius 1 is 0.900 bits per heavy atom. The van der Waals surface area contributed by atoms with Crippen molar-refractivity contribution in [1.29, 1.82) is 0 Å².